The molecule has 11 rings (SSSR count). The van der Waals surface area contributed by atoms with Crippen LogP contribution in [0.2, 0.25) is 0 Å². The van der Waals surface area contributed by atoms with Gasteiger partial charge >= 0.3 is 0 Å². The maximum absolute atomic E-state index is 12.7. The number of aliphatic hydroxyl groups is 15. The summed E-state index contributed by atoms with van der Waals surface area (Å²) in [7, 11) is 0. The van der Waals surface area contributed by atoms with E-state index in [1.165, 1.54) is 0 Å². The number of rotatable bonds is 14. The lowest BCUT2D eigenvalue weighted by Gasteiger charge is -2.75. The number of ether oxygens (including phenoxy) is 11. The zero-order valence-corrected chi connectivity index (χ0v) is 49.2. The quantitative estimate of drug-likeness (QED) is 0.0581. The van der Waals surface area contributed by atoms with Crippen molar-refractivity contribution < 1.29 is 133 Å². The van der Waals surface area contributed by atoms with Crippen molar-refractivity contribution in [3.05, 3.63) is 0 Å². The van der Waals surface area contributed by atoms with Crippen LogP contribution in [-0.2, 0) is 56.9 Å². The van der Waals surface area contributed by atoms with E-state index in [1.807, 2.05) is 6.92 Å². The number of fused-ring (bicyclic) bond motifs is 4. The fraction of sp³-hybridized carbons (Fsp3) is 0.983. The fourth-order valence-electron chi connectivity index (χ4n) is 18.9. The summed E-state index contributed by atoms with van der Waals surface area (Å²) in [6, 6.07) is 0. The van der Waals surface area contributed by atoms with Crippen molar-refractivity contribution in [2.45, 2.75) is 265 Å². The van der Waals surface area contributed by atoms with Crippen molar-refractivity contribution in [3.63, 3.8) is 0 Å². The van der Waals surface area contributed by atoms with Crippen molar-refractivity contribution in [3.8, 4) is 0 Å². The van der Waals surface area contributed by atoms with Crippen molar-refractivity contribution in [2.75, 3.05) is 39.6 Å². The molecule has 0 aromatic heterocycles. The molecule has 6 saturated heterocycles. The molecule has 5 aliphatic carbocycles. The molecule has 1 spiro atoms. The Balaban J connectivity index is 0.868. The summed E-state index contributed by atoms with van der Waals surface area (Å²) in [5.74, 6) is 0.317. The highest BCUT2D eigenvalue weighted by Crippen LogP contribution is 2.80. The van der Waals surface area contributed by atoms with E-state index in [4.69, 9.17) is 52.1 Å². The van der Waals surface area contributed by atoms with Crippen LogP contribution in [0.5, 0.6) is 0 Å². The smallest absolute Gasteiger partial charge is 0.187 e. The summed E-state index contributed by atoms with van der Waals surface area (Å²) in [5.41, 5.74) is -2.88. The standard InChI is InChI=1S/C58H94O27/c1-52(2)29-7-11-55(5)30(8-12-58-31-15-53(3,22-62)13-14-57(31,23-77-58)32(64)16-56(55,58)6)54(29,4)10-9-33(52)82-50-45(84-49-43(74)40(71)36(67)26(18-60)79-49)38(69)28(21-76-50)81-51-46(85-47-41(72)34(65)24(63)20-75-47)44(37(68)27(19-61)80-51)83-48-42(73)39(70)35(66)25(17-59)78-48/h22,24-51,59-61,63-74H,7-21,23H2,1-6H3/t24-,25-,26-,27-,28+,29?,30?,31-,32-,33+,34+,35-,36-,37-,38+,39+,40+,41-,42-,43-,44+,45-,46-,47+,48+,49+,50+,51+,53+,54+,55-,56+,57-,58+/m1/s1. The van der Waals surface area contributed by atoms with Crippen LogP contribution in [0.1, 0.15) is 106 Å². The predicted molar refractivity (Wildman–Crippen MR) is 283 cm³/mol. The molecule has 6 aliphatic heterocycles. The van der Waals surface area contributed by atoms with Crippen molar-refractivity contribution in [2.24, 2.45) is 50.2 Å². The second-order valence-corrected chi connectivity index (χ2v) is 28.6. The first-order valence-electron chi connectivity index (χ1n) is 30.6. The van der Waals surface area contributed by atoms with E-state index in [2.05, 4.69) is 34.6 Å². The molecule has 0 aromatic rings. The zero-order valence-electron chi connectivity index (χ0n) is 49.2. The number of hydrogen-bond acceptors (Lipinski definition) is 27. The van der Waals surface area contributed by atoms with E-state index >= 15 is 0 Å². The number of aliphatic hydroxyl groups excluding tert-OH is 15. The average molecular weight is 1220 g/mol. The van der Waals surface area contributed by atoms with Gasteiger partial charge in [0.15, 0.2) is 31.5 Å². The van der Waals surface area contributed by atoms with Gasteiger partial charge in [0.2, 0.25) is 0 Å². The molecular formula is C58H94O27. The third-order valence-electron chi connectivity index (χ3n) is 24.1. The van der Waals surface area contributed by atoms with E-state index in [0.29, 0.717) is 32.3 Å². The van der Waals surface area contributed by atoms with Gasteiger partial charge in [-0.25, -0.2) is 0 Å². The van der Waals surface area contributed by atoms with Crippen molar-refractivity contribution in [1.29, 1.82) is 0 Å². The Kier molecular flexibility index (Phi) is 18.1. The second-order valence-electron chi connectivity index (χ2n) is 28.6. The van der Waals surface area contributed by atoms with Gasteiger partial charge in [0.25, 0.3) is 0 Å². The topological polar surface area (TPSA) is 422 Å². The molecule has 11 fully saturated rings. The van der Waals surface area contributed by atoms with Crippen LogP contribution >= 0.6 is 0 Å². The minimum Gasteiger partial charge on any atom is -0.394 e. The lowest BCUT2D eigenvalue weighted by atomic mass is 9.30. The molecule has 27 nitrogen and oxygen atoms in total. The fourth-order valence-corrected chi connectivity index (χ4v) is 18.9. The molecule has 27 heteroatoms. The monoisotopic (exact) mass is 1220 g/mol. The van der Waals surface area contributed by atoms with Crippen LogP contribution in [0.25, 0.3) is 0 Å². The van der Waals surface area contributed by atoms with Gasteiger partial charge < -0.3 is 133 Å². The molecule has 15 N–H and O–H groups in total. The van der Waals surface area contributed by atoms with Crippen LogP contribution in [0, 0.1) is 50.2 Å². The molecule has 6 heterocycles. The second kappa shape index (κ2) is 23.6. The van der Waals surface area contributed by atoms with Gasteiger partial charge in [0.05, 0.1) is 57.5 Å². The third-order valence-corrected chi connectivity index (χ3v) is 24.1. The minimum atomic E-state index is -2.03. The molecule has 5 saturated carbocycles. The van der Waals surface area contributed by atoms with Crippen molar-refractivity contribution >= 4 is 6.29 Å². The molecule has 11 aliphatic rings. The molecule has 488 valence electrons. The lowest BCUT2D eigenvalue weighted by Crippen LogP contribution is -2.74. The first-order valence-corrected chi connectivity index (χ1v) is 30.6. The van der Waals surface area contributed by atoms with Gasteiger partial charge in [-0.3, -0.25) is 0 Å². The molecule has 34 atom stereocenters. The Hall–Kier alpha value is -1.37. The minimum absolute atomic E-state index is 0.0397. The van der Waals surface area contributed by atoms with Crippen LogP contribution in [0.4, 0.5) is 0 Å². The zero-order chi connectivity index (χ0) is 61.5. The molecule has 2 bridgehead atoms. The summed E-state index contributed by atoms with van der Waals surface area (Å²) >= 11 is 0. The number of carbonyl (C=O) groups excluding carboxylic acids is 1. The Morgan fingerprint density at radius 1 is 0.482 bits per heavy atom. The first-order chi connectivity index (χ1) is 40.0. The van der Waals surface area contributed by atoms with E-state index in [9.17, 15) is 81.4 Å². The Morgan fingerprint density at radius 2 is 1.05 bits per heavy atom. The average Bonchev–Trinajstić information content (AvgIpc) is 1.63. The maximum atomic E-state index is 12.7. The van der Waals surface area contributed by atoms with Crippen LogP contribution in [0.15, 0.2) is 0 Å². The van der Waals surface area contributed by atoms with Gasteiger partial charge in [-0.2, -0.15) is 0 Å². The van der Waals surface area contributed by atoms with Crippen LogP contribution in [-0.4, -0.2) is 282 Å². The van der Waals surface area contributed by atoms with Gasteiger partial charge in [-0.05, 0) is 98.2 Å². The highest BCUT2D eigenvalue weighted by atomic mass is 16.8. The van der Waals surface area contributed by atoms with Gasteiger partial charge in [0.1, 0.15) is 116 Å². The predicted octanol–water partition coefficient (Wildman–Crippen LogP) is -4.07. The van der Waals surface area contributed by atoms with Crippen molar-refractivity contribution in [1.82, 2.24) is 0 Å². The van der Waals surface area contributed by atoms with E-state index in [-0.39, 0.29) is 34.0 Å². The molecular weight excluding hydrogens is 1130 g/mol. The van der Waals surface area contributed by atoms with E-state index in [1.54, 1.807) is 0 Å². The number of aldehydes is 1. The highest BCUT2D eigenvalue weighted by Gasteiger charge is 2.80. The SMILES string of the molecule is CC1(C)C2CC[C@]3(C)C(CC[C@]45OC[C@@]6(CC[C@](C)(C=O)C[C@H]64)[C@H](O)C[C@]53C)[C@@]2(C)CC[C@@H]1O[C@@H]1OC[C@H](O[C@@H]2O[C@H](CO)[C@@H](O)[C@H](O[C@@H]3O[C@H](CO)[C@@H](O)[C@H](O)[C@H]3O)[C@H]2O[C@@H]2OC[C@@H](O)[C@H](O)[C@H]2O)[C@H](O)[C@H]1O[C@@H]1O[C@H](CO)[C@@H](O)[C@H](O)[C@H]1O. The largest absolute Gasteiger partial charge is 0.394 e. The Bertz CT molecular complexity index is 2340. The number of carbonyl (C=O) groups is 1. The van der Waals surface area contributed by atoms with Gasteiger partial charge in [0, 0.05) is 16.2 Å². The summed E-state index contributed by atoms with van der Waals surface area (Å²) < 4.78 is 68.6. The van der Waals surface area contributed by atoms with Crippen LogP contribution < -0.4 is 0 Å². The summed E-state index contributed by atoms with van der Waals surface area (Å²) in [5, 5.41) is 165. The Labute approximate surface area is 493 Å². The third kappa shape index (κ3) is 10.2. The Morgan fingerprint density at radius 3 is 1.67 bits per heavy atom. The molecule has 0 amide bonds. The first kappa shape index (κ1) is 65.1. The van der Waals surface area contributed by atoms with Gasteiger partial charge in [-0.1, -0.05) is 41.5 Å². The molecule has 85 heavy (non-hydrogen) atoms. The van der Waals surface area contributed by atoms with Gasteiger partial charge in [-0.15, -0.1) is 0 Å². The molecule has 0 aromatic carbocycles. The van der Waals surface area contributed by atoms with Crippen LogP contribution in [0.3, 0.4) is 0 Å². The van der Waals surface area contributed by atoms with E-state index < -0.39 is 208 Å². The maximum Gasteiger partial charge on any atom is 0.187 e. The highest BCUT2D eigenvalue weighted by molar-refractivity contribution is 5.59. The molecule has 2 unspecified atom stereocenters. The van der Waals surface area contributed by atoms with E-state index in [0.717, 1.165) is 44.8 Å². The molecule has 0 radical (unpaired) electrons. The lowest BCUT2D eigenvalue weighted by molar-refractivity contribution is -0.404. The summed E-state index contributed by atoms with van der Waals surface area (Å²) in [4.78, 5) is 12.6. The number of hydrogen-bond donors (Lipinski definition) is 15. The normalized spacial score (nSPS) is 57.6. The summed E-state index contributed by atoms with van der Waals surface area (Å²) in [6.45, 7) is 10.3. The summed E-state index contributed by atoms with van der Waals surface area (Å²) in [6.07, 6.45) is -34.0.